The number of nitrogens with zero attached hydrogens (tertiary/aromatic N) is 1. The minimum atomic E-state index is -0.472. The summed E-state index contributed by atoms with van der Waals surface area (Å²) in [6.45, 7) is 9.44. The Morgan fingerprint density at radius 3 is 2.73 bits per heavy atom. The van der Waals surface area contributed by atoms with Gasteiger partial charge < -0.3 is 15.0 Å². The maximum absolute atomic E-state index is 12.1. The molecule has 1 aromatic rings. The number of likely N-dealkylation sites (tertiary alicyclic amines) is 1. The Morgan fingerprint density at radius 1 is 1.41 bits per heavy atom. The predicted octanol–water partition coefficient (Wildman–Crippen LogP) is 3.04. The Morgan fingerprint density at radius 2 is 2.14 bits per heavy atom. The Kier molecular flexibility index (Phi) is 5.11. The Balaban J connectivity index is 1.78. The second-order valence-electron chi connectivity index (χ2n) is 6.76. The molecule has 0 aromatic carbocycles. The number of nitrogens with one attached hydrogen (secondary N) is 1. The molecule has 1 atom stereocenters. The average molecular weight is 324 g/mol. The van der Waals surface area contributed by atoms with E-state index in [4.69, 9.17) is 4.74 Å². The number of carbonyl (C=O) groups is 2. The highest BCUT2D eigenvalue weighted by Crippen LogP contribution is 2.19. The molecular weight excluding hydrogens is 300 g/mol. The molecule has 0 aliphatic carbocycles. The molecule has 0 bridgehead atoms. The van der Waals surface area contributed by atoms with Crippen LogP contribution in [0.1, 0.15) is 43.1 Å². The number of ether oxygens (including phenoxy) is 1. The van der Waals surface area contributed by atoms with Gasteiger partial charge in [-0.25, -0.2) is 4.79 Å². The summed E-state index contributed by atoms with van der Waals surface area (Å²) < 4.78 is 5.37. The number of hydrogen-bond acceptors (Lipinski definition) is 4. The topological polar surface area (TPSA) is 58.6 Å². The maximum Gasteiger partial charge on any atom is 0.410 e. The van der Waals surface area contributed by atoms with Gasteiger partial charge in [-0.1, -0.05) is 0 Å². The quantitative estimate of drug-likeness (QED) is 0.929. The normalized spacial score (nSPS) is 18.4. The molecule has 1 aromatic heterocycles. The van der Waals surface area contributed by atoms with Crippen LogP contribution < -0.4 is 5.32 Å². The molecule has 1 saturated heterocycles. The zero-order valence-electron chi connectivity index (χ0n) is 13.6. The van der Waals surface area contributed by atoms with Crippen molar-refractivity contribution < 1.29 is 14.3 Å². The Labute approximate surface area is 135 Å². The van der Waals surface area contributed by atoms with Crippen molar-refractivity contribution in [3.05, 3.63) is 21.9 Å². The van der Waals surface area contributed by atoms with Crippen molar-refractivity contribution in [2.24, 2.45) is 5.92 Å². The van der Waals surface area contributed by atoms with Crippen molar-refractivity contribution in [3.63, 3.8) is 0 Å². The molecule has 2 rings (SSSR count). The third kappa shape index (κ3) is 4.47. The molecule has 0 saturated carbocycles. The molecule has 1 aliphatic heterocycles. The molecule has 0 radical (unpaired) electrons. The number of hydrogen-bond donors (Lipinski definition) is 1. The summed E-state index contributed by atoms with van der Waals surface area (Å²) in [5.41, 5.74) is 1.27. The van der Waals surface area contributed by atoms with Crippen molar-refractivity contribution in [2.75, 3.05) is 19.6 Å². The zero-order chi connectivity index (χ0) is 16.3. The number of rotatable bonds is 3. The van der Waals surface area contributed by atoms with Crippen LogP contribution in [0, 0.1) is 12.8 Å². The third-order valence-corrected chi connectivity index (χ3v) is 4.45. The van der Waals surface area contributed by atoms with Crippen LogP contribution in [0.3, 0.4) is 0 Å². The maximum atomic E-state index is 12.1. The van der Waals surface area contributed by atoms with E-state index in [1.807, 2.05) is 38.5 Å². The predicted molar refractivity (Wildman–Crippen MR) is 87.3 cm³/mol. The summed E-state index contributed by atoms with van der Waals surface area (Å²) in [7, 11) is 0. The van der Waals surface area contributed by atoms with Crippen LogP contribution in [0.2, 0.25) is 0 Å². The van der Waals surface area contributed by atoms with Gasteiger partial charge in [0.1, 0.15) is 5.60 Å². The summed E-state index contributed by atoms with van der Waals surface area (Å²) in [6, 6.07) is 0. The van der Waals surface area contributed by atoms with Crippen LogP contribution in [0.15, 0.2) is 10.8 Å². The van der Waals surface area contributed by atoms with E-state index >= 15 is 0 Å². The first-order valence-electron chi connectivity index (χ1n) is 7.55. The number of carbonyl (C=O) groups excluding carboxylic acids is 2. The first kappa shape index (κ1) is 16.8. The molecule has 1 unspecified atom stereocenters. The molecule has 2 heterocycles. The summed E-state index contributed by atoms with van der Waals surface area (Å²) in [4.78, 5) is 25.8. The lowest BCUT2D eigenvalue weighted by Crippen LogP contribution is -2.36. The average Bonchev–Trinajstić information content (AvgIpc) is 3.02. The number of thiophene rings is 1. The number of amides is 2. The summed E-state index contributed by atoms with van der Waals surface area (Å²) >= 11 is 1.53. The van der Waals surface area contributed by atoms with E-state index < -0.39 is 5.60 Å². The standard InChI is InChI=1S/C16H24N2O3S/c1-11-9-22-10-13(11)14(19)17-7-12-5-6-18(8-12)15(20)21-16(2,3)4/h9-10,12H,5-8H2,1-4H3,(H,17,19). The lowest BCUT2D eigenvalue weighted by Gasteiger charge is -2.24. The highest BCUT2D eigenvalue weighted by atomic mass is 32.1. The fourth-order valence-corrected chi connectivity index (χ4v) is 3.25. The molecule has 1 fully saturated rings. The van der Waals surface area contributed by atoms with Crippen molar-refractivity contribution in [1.29, 1.82) is 0 Å². The summed E-state index contributed by atoms with van der Waals surface area (Å²) in [5.74, 6) is 0.255. The third-order valence-electron chi connectivity index (χ3n) is 3.59. The minimum Gasteiger partial charge on any atom is -0.444 e. The summed E-state index contributed by atoms with van der Waals surface area (Å²) in [6.07, 6.45) is 0.623. The van der Waals surface area contributed by atoms with Gasteiger partial charge in [0.05, 0.1) is 5.56 Å². The first-order valence-corrected chi connectivity index (χ1v) is 8.49. The fraction of sp³-hybridized carbons (Fsp3) is 0.625. The molecular formula is C16H24N2O3S. The molecule has 2 amide bonds. The lowest BCUT2D eigenvalue weighted by molar-refractivity contribution is 0.0288. The van der Waals surface area contributed by atoms with Crippen LogP contribution in [0.5, 0.6) is 0 Å². The van der Waals surface area contributed by atoms with E-state index in [0.717, 1.165) is 17.5 Å². The van der Waals surface area contributed by atoms with Gasteiger partial charge in [-0.05, 0) is 51.0 Å². The molecule has 1 N–H and O–H groups in total. The van der Waals surface area contributed by atoms with Crippen molar-refractivity contribution in [2.45, 2.75) is 39.7 Å². The van der Waals surface area contributed by atoms with Gasteiger partial charge in [0.15, 0.2) is 0 Å². The van der Waals surface area contributed by atoms with Gasteiger partial charge in [0.2, 0.25) is 0 Å². The monoisotopic (exact) mass is 324 g/mol. The van der Waals surface area contributed by atoms with Gasteiger partial charge in [0, 0.05) is 25.0 Å². The molecule has 22 heavy (non-hydrogen) atoms. The van der Waals surface area contributed by atoms with Crippen molar-refractivity contribution >= 4 is 23.3 Å². The Bertz CT molecular complexity index is 548. The summed E-state index contributed by atoms with van der Waals surface area (Å²) in [5, 5.41) is 6.80. The molecule has 1 aliphatic rings. The van der Waals surface area contributed by atoms with Gasteiger partial charge in [-0.15, -0.1) is 0 Å². The second-order valence-corrected chi connectivity index (χ2v) is 7.50. The van der Waals surface area contributed by atoms with Gasteiger partial charge >= 0.3 is 6.09 Å². The van der Waals surface area contributed by atoms with Crippen LogP contribution >= 0.6 is 11.3 Å². The minimum absolute atomic E-state index is 0.0329. The highest BCUT2D eigenvalue weighted by molar-refractivity contribution is 7.08. The van der Waals surface area contributed by atoms with Gasteiger partial charge in [-0.2, -0.15) is 11.3 Å². The molecule has 6 heteroatoms. The Hall–Kier alpha value is -1.56. The smallest absolute Gasteiger partial charge is 0.410 e. The van der Waals surface area contributed by atoms with E-state index in [1.54, 1.807) is 4.90 Å². The van der Waals surface area contributed by atoms with E-state index in [0.29, 0.717) is 19.6 Å². The largest absolute Gasteiger partial charge is 0.444 e. The van der Waals surface area contributed by atoms with Gasteiger partial charge in [-0.3, -0.25) is 4.79 Å². The fourth-order valence-electron chi connectivity index (χ4n) is 2.42. The van der Waals surface area contributed by atoms with Crippen LogP contribution in [-0.2, 0) is 4.74 Å². The zero-order valence-corrected chi connectivity index (χ0v) is 14.5. The second kappa shape index (κ2) is 6.69. The lowest BCUT2D eigenvalue weighted by atomic mass is 10.1. The van der Waals surface area contributed by atoms with Crippen LogP contribution in [-0.4, -0.2) is 42.1 Å². The SMILES string of the molecule is Cc1cscc1C(=O)NCC1CCN(C(=O)OC(C)(C)C)C1. The van der Waals surface area contributed by atoms with E-state index in [9.17, 15) is 9.59 Å². The molecule has 0 spiro atoms. The molecule has 5 nitrogen and oxygen atoms in total. The van der Waals surface area contributed by atoms with Gasteiger partial charge in [0.25, 0.3) is 5.91 Å². The van der Waals surface area contributed by atoms with E-state index in [-0.39, 0.29) is 17.9 Å². The van der Waals surface area contributed by atoms with Crippen molar-refractivity contribution in [1.82, 2.24) is 10.2 Å². The van der Waals surface area contributed by atoms with Crippen molar-refractivity contribution in [3.8, 4) is 0 Å². The number of aryl methyl sites for hydroxylation is 1. The highest BCUT2D eigenvalue weighted by Gasteiger charge is 2.29. The first-order chi connectivity index (χ1) is 10.3. The van der Waals surface area contributed by atoms with Crippen LogP contribution in [0.4, 0.5) is 4.79 Å². The van der Waals surface area contributed by atoms with E-state index in [2.05, 4.69) is 5.32 Å². The van der Waals surface area contributed by atoms with Crippen LogP contribution in [0.25, 0.3) is 0 Å². The van der Waals surface area contributed by atoms with E-state index in [1.165, 1.54) is 11.3 Å². The molecule has 122 valence electrons.